The van der Waals surface area contributed by atoms with Gasteiger partial charge in [-0.15, -0.1) is 0 Å². The number of nitrogens with one attached hydrogen (secondary N) is 2. The number of urea groups is 1. The van der Waals surface area contributed by atoms with Gasteiger partial charge in [-0.05, 0) is 18.6 Å². The number of aromatic amines is 1. The van der Waals surface area contributed by atoms with E-state index >= 15 is 0 Å². The highest BCUT2D eigenvalue weighted by molar-refractivity contribution is 5.86. The minimum Gasteiger partial charge on any atom is -0.493 e. The van der Waals surface area contributed by atoms with E-state index in [0.29, 0.717) is 62.3 Å². The zero-order valence-corrected chi connectivity index (χ0v) is 18.0. The number of carbonyl (C=O) groups is 1. The molecular weight excluding hydrogens is 455 g/mol. The number of hydrogen-bond acceptors (Lipinski definition) is 7. The van der Waals surface area contributed by atoms with Gasteiger partial charge in [0.25, 0.3) is 5.56 Å². The summed E-state index contributed by atoms with van der Waals surface area (Å²) >= 11 is 0. The molecule has 0 saturated carbocycles. The molecule has 10 nitrogen and oxygen atoms in total. The molecule has 0 unspecified atom stereocenters. The van der Waals surface area contributed by atoms with E-state index in [1.54, 1.807) is 28.0 Å². The molecule has 0 spiro atoms. The van der Waals surface area contributed by atoms with Crippen molar-refractivity contribution < 1.29 is 22.7 Å². The summed E-state index contributed by atoms with van der Waals surface area (Å²) in [5.41, 5.74) is -1.19. The summed E-state index contributed by atoms with van der Waals surface area (Å²) < 4.78 is 43.7. The average Bonchev–Trinajstić information content (AvgIpc) is 2.84. The van der Waals surface area contributed by atoms with Crippen LogP contribution in [0.3, 0.4) is 0 Å². The number of ether oxygens (including phenoxy) is 1. The molecule has 2 N–H and O–H groups in total. The smallest absolute Gasteiger partial charge is 0.419 e. The number of alkyl halides is 3. The molecule has 180 valence electrons. The van der Waals surface area contributed by atoms with Crippen LogP contribution < -0.4 is 20.5 Å². The number of carbonyl (C=O) groups excluding carboxylic acids is 1. The van der Waals surface area contributed by atoms with Crippen LogP contribution in [-0.2, 0) is 6.18 Å². The van der Waals surface area contributed by atoms with Crippen LogP contribution in [-0.4, -0.2) is 70.4 Å². The second-order valence-corrected chi connectivity index (χ2v) is 7.59. The molecule has 1 aliphatic rings. The Hall–Kier alpha value is -3.90. The van der Waals surface area contributed by atoms with Crippen LogP contribution in [0.4, 0.5) is 23.9 Å². The van der Waals surface area contributed by atoms with E-state index in [2.05, 4.69) is 25.5 Å². The monoisotopic (exact) mass is 477 g/mol. The number of fused-ring (bicyclic) bond motifs is 1. The van der Waals surface area contributed by atoms with Crippen LogP contribution >= 0.6 is 0 Å². The van der Waals surface area contributed by atoms with Crippen molar-refractivity contribution in [3.63, 3.8) is 0 Å². The van der Waals surface area contributed by atoms with Gasteiger partial charge in [0.15, 0.2) is 0 Å². The third-order valence-electron chi connectivity index (χ3n) is 5.34. The van der Waals surface area contributed by atoms with Crippen LogP contribution in [0.25, 0.3) is 10.8 Å². The number of benzene rings is 1. The first-order chi connectivity index (χ1) is 16.3. The van der Waals surface area contributed by atoms with Crippen molar-refractivity contribution >= 4 is 22.8 Å². The van der Waals surface area contributed by atoms with Crippen molar-refractivity contribution in [3.8, 4) is 5.75 Å². The lowest BCUT2D eigenvalue weighted by Crippen LogP contribution is -2.52. The standard InChI is InChI=1S/C21H22F3N7O3/c22-21(23,24)14-11-26-19(27-12-14)30-6-8-31(9-7-30)20(33)25-5-2-10-34-17-4-1-3-15-16(17)13-28-29-18(15)32/h1,3-4,11-13H,2,5-10H2,(H,25,33)(H,29,32). The zero-order chi connectivity index (χ0) is 24.1. The number of aromatic nitrogens is 4. The number of amides is 2. The average molecular weight is 477 g/mol. The number of rotatable bonds is 6. The Morgan fingerprint density at radius 1 is 1.09 bits per heavy atom. The SMILES string of the molecule is O=C(NCCCOc1cccc2c(=O)[nH]ncc12)N1CCN(c2ncc(C(F)(F)F)cn2)CC1. The Morgan fingerprint density at radius 2 is 1.82 bits per heavy atom. The molecule has 4 rings (SSSR count). The number of piperazine rings is 1. The molecule has 2 amide bonds. The molecule has 0 aliphatic carbocycles. The predicted molar refractivity (Wildman–Crippen MR) is 117 cm³/mol. The minimum absolute atomic E-state index is 0.204. The fourth-order valence-corrected chi connectivity index (χ4v) is 3.52. The molecular formula is C21H22F3N7O3. The predicted octanol–water partition coefficient (Wildman–Crippen LogP) is 2.03. The summed E-state index contributed by atoms with van der Waals surface area (Å²) in [6, 6.07) is 4.94. The summed E-state index contributed by atoms with van der Waals surface area (Å²) in [6.45, 7) is 2.34. The molecule has 1 fully saturated rings. The fraction of sp³-hybridized carbons (Fsp3) is 0.381. The summed E-state index contributed by atoms with van der Waals surface area (Å²) in [5, 5.41) is 10.1. The lowest BCUT2D eigenvalue weighted by molar-refractivity contribution is -0.138. The molecule has 1 aliphatic heterocycles. The first-order valence-electron chi connectivity index (χ1n) is 10.6. The second-order valence-electron chi connectivity index (χ2n) is 7.59. The highest BCUT2D eigenvalue weighted by atomic mass is 19.4. The third kappa shape index (κ3) is 5.35. The van der Waals surface area contributed by atoms with Crippen molar-refractivity contribution in [1.82, 2.24) is 30.4 Å². The quantitative estimate of drug-likeness (QED) is 0.522. The largest absolute Gasteiger partial charge is 0.493 e. The van der Waals surface area contributed by atoms with E-state index < -0.39 is 11.7 Å². The van der Waals surface area contributed by atoms with Crippen molar-refractivity contribution in [2.75, 3.05) is 44.2 Å². The number of nitrogens with zero attached hydrogens (tertiary/aromatic N) is 5. The molecule has 13 heteroatoms. The summed E-state index contributed by atoms with van der Waals surface area (Å²) in [6.07, 6.45) is -0.875. The second kappa shape index (κ2) is 9.93. The molecule has 1 aromatic carbocycles. The topological polar surface area (TPSA) is 116 Å². The lowest BCUT2D eigenvalue weighted by atomic mass is 10.2. The van der Waals surface area contributed by atoms with Gasteiger partial charge in [0.2, 0.25) is 5.95 Å². The molecule has 2 aromatic heterocycles. The summed E-state index contributed by atoms with van der Waals surface area (Å²) in [4.78, 5) is 35.2. The van der Waals surface area contributed by atoms with Gasteiger partial charge in [0.05, 0.1) is 23.8 Å². The fourth-order valence-electron chi connectivity index (χ4n) is 3.52. The Labute approximate surface area is 191 Å². The van der Waals surface area contributed by atoms with Crippen molar-refractivity contribution in [2.24, 2.45) is 0 Å². The summed E-state index contributed by atoms with van der Waals surface area (Å²) in [7, 11) is 0. The lowest BCUT2D eigenvalue weighted by Gasteiger charge is -2.34. The Kier molecular flexibility index (Phi) is 6.80. The van der Waals surface area contributed by atoms with Gasteiger partial charge in [-0.25, -0.2) is 19.9 Å². The number of H-pyrrole nitrogens is 1. The first kappa shape index (κ1) is 23.3. The maximum atomic E-state index is 12.6. The van der Waals surface area contributed by atoms with Crippen LogP contribution in [0, 0.1) is 0 Å². The van der Waals surface area contributed by atoms with Gasteiger partial charge in [0, 0.05) is 50.5 Å². The maximum absolute atomic E-state index is 12.6. The maximum Gasteiger partial charge on any atom is 0.419 e. The molecule has 0 radical (unpaired) electrons. The first-order valence-corrected chi connectivity index (χ1v) is 10.6. The molecule has 1 saturated heterocycles. The van der Waals surface area contributed by atoms with Crippen molar-refractivity contribution in [1.29, 1.82) is 0 Å². The highest BCUT2D eigenvalue weighted by Gasteiger charge is 2.32. The van der Waals surface area contributed by atoms with Gasteiger partial charge >= 0.3 is 12.2 Å². The molecule has 34 heavy (non-hydrogen) atoms. The van der Waals surface area contributed by atoms with Crippen LogP contribution in [0.5, 0.6) is 5.75 Å². The Balaban J connectivity index is 1.19. The van der Waals surface area contributed by atoms with Gasteiger partial charge in [0.1, 0.15) is 5.75 Å². The van der Waals surface area contributed by atoms with Crippen molar-refractivity contribution in [2.45, 2.75) is 12.6 Å². The Morgan fingerprint density at radius 3 is 2.53 bits per heavy atom. The van der Waals surface area contributed by atoms with E-state index in [4.69, 9.17) is 4.74 Å². The van der Waals surface area contributed by atoms with E-state index in [0.717, 1.165) is 12.4 Å². The highest BCUT2D eigenvalue weighted by Crippen LogP contribution is 2.28. The van der Waals surface area contributed by atoms with E-state index in [-0.39, 0.29) is 17.5 Å². The molecule has 3 aromatic rings. The number of anilines is 1. The van der Waals surface area contributed by atoms with E-state index in [1.807, 2.05) is 0 Å². The van der Waals surface area contributed by atoms with Crippen LogP contribution in [0.2, 0.25) is 0 Å². The van der Waals surface area contributed by atoms with Gasteiger partial charge in [-0.3, -0.25) is 4.79 Å². The van der Waals surface area contributed by atoms with E-state index in [9.17, 15) is 22.8 Å². The third-order valence-corrected chi connectivity index (χ3v) is 5.34. The Bertz CT molecular complexity index is 1190. The van der Waals surface area contributed by atoms with Crippen LogP contribution in [0.15, 0.2) is 41.6 Å². The molecule has 0 atom stereocenters. The minimum atomic E-state index is -4.48. The molecule has 0 bridgehead atoms. The summed E-state index contributed by atoms with van der Waals surface area (Å²) in [5.74, 6) is 0.750. The van der Waals surface area contributed by atoms with Gasteiger partial charge in [-0.1, -0.05) is 6.07 Å². The zero-order valence-electron chi connectivity index (χ0n) is 18.0. The van der Waals surface area contributed by atoms with Gasteiger partial charge < -0.3 is 19.9 Å². The van der Waals surface area contributed by atoms with E-state index in [1.165, 1.54) is 6.20 Å². The number of halogens is 3. The number of hydrogen-bond donors (Lipinski definition) is 2. The van der Waals surface area contributed by atoms with Gasteiger partial charge in [-0.2, -0.15) is 18.3 Å². The van der Waals surface area contributed by atoms with Crippen molar-refractivity contribution in [3.05, 3.63) is 52.7 Å². The normalized spacial score (nSPS) is 14.3. The van der Waals surface area contributed by atoms with Crippen LogP contribution in [0.1, 0.15) is 12.0 Å². The molecule has 3 heterocycles.